The third kappa shape index (κ3) is 2.56. The van der Waals surface area contributed by atoms with Crippen molar-refractivity contribution in [1.29, 1.82) is 0 Å². The summed E-state index contributed by atoms with van der Waals surface area (Å²) in [5.74, 6) is -3.70. The third-order valence-corrected chi connectivity index (χ3v) is 2.73. The van der Waals surface area contributed by atoms with Crippen molar-refractivity contribution in [2.75, 3.05) is 0 Å². The number of nitrogens with one attached hydrogen (secondary N) is 1. The largest absolute Gasteiger partial charge is 0.480 e. The standard InChI is InChI=1S/C13H10F2N2O3/c1-6(13(19)20)17-12(18)11-9-4-7(14)5-10(15)8(9)2-3-16-11/h2-6H,1H3,(H,17,18)(H,19,20). The van der Waals surface area contributed by atoms with Crippen molar-refractivity contribution >= 4 is 22.6 Å². The van der Waals surface area contributed by atoms with E-state index in [2.05, 4.69) is 10.3 Å². The minimum Gasteiger partial charge on any atom is -0.480 e. The molecule has 1 aromatic heterocycles. The fourth-order valence-electron chi connectivity index (χ4n) is 1.71. The van der Waals surface area contributed by atoms with Crippen LogP contribution in [-0.2, 0) is 4.79 Å². The van der Waals surface area contributed by atoms with Crippen molar-refractivity contribution in [2.24, 2.45) is 0 Å². The minimum absolute atomic E-state index is 0.0138. The van der Waals surface area contributed by atoms with Crippen molar-refractivity contribution in [3.63, 3.8) is 0 Å². The zero-order chi connectivity index (χ0) is 14.9. The van der Waals surface area contributed by atoms with Crippen LogP contribution >= 0.6 is 0 Å². The van der Waals surface area contributed by atoms with Crippen LogP contribution in [0.25, 0.3) is 10.8 Å². The van der Waals surface area contributed by atoms with Crippen LogP contribution in [0.2, 0.25) is 0 Å². The molecule has 0 fully saturated rings. The molecule has 1 amide bonds. The molecule has 1 atom stereocenters. The SMILES string of the molecule is CC(NC(=O)c1nccc2c(F)cc(F)cc12)C(=O)O. The van der Waals surface area contributed by atoms with Crippen molar-refractivity contribution in [1.82, 2.24) is 10.3 Å². The number of hydrogen-bond donors (Lipinski definition) is 2. The highest BCUT2D eigenvalue weighted by molar-refractivity contribution is 6.06. The van der Waals surface area contributed by atoms with Crippen LogP contribution in [0, 0.1) is 11.6 Å². The van der Waals surface area contributed by atoms with Gasteiger partial charge in [0.25, 0.3) is 5.91 Å². The average Bonchev–Trinajstić information content (AvgIpc) is 2.37. The number of nitrogens with zero attached hydrogens (tertiary/aromatic N) is 1. The summed E-state index contributed by atoms with van der Waals surface area (Å²) in [7, 11) is 0. The molecule has 0 aliphatic rings. The summed E-state index contributed by atoms with van der Waals surface area (Å²) in [6, 6.07) is 1.84. The molecule has 2 rings (SSSR count). The quantitative estimate of drug-likeness (QED) is 0.897. The Morgan fingerprint density at radius 3 is 2.65 bits per heavy atom. The van der Waals surface area contributed by atoms with Gasteiger partial charge in [-0.05, 0) is 19.1 Å². The molecule has 5 nitrogen and oxygen atoms in total. The maximum absolute atomic E-state index is 13.6. The molecule has 0 aliphatic heterocycles. The van der Waals surface area contributed by atoms with Crippen LogP contribution in [0.4, 0.5) is 8.78 Å². The van der Waals surface area contributed by atoms with E-state index in [1.807, 2.05) is 0 Å². The van der Waals surface area contributed by atoms with Crippen molar-refractivity contribution < 1.29 is 23.5 Å². The number of carboxylic acid groups (broad SMARTS) is 1. The summed E-state index contributed by atoms with van der Waals surface area (Å²) in [4.78, 5) is 26.4. The van der Waals surface area contributed by atoms with Gasteiger partial charge in [0.05, 0.1) is 0 Å². The summed E-state index contributed by atoms with van der Waals surface area (Å²) in [5.41, 5.74) is -0.228. The molecule has 0 radical (unpaired) electrons. The van der Waals surface area contributed by atoms with Crippen LogP contribution in [-0.4, -0.2) is 28.0 Å². The lowest BCUT2D eigenvalue weighted by Crippen LogP contribution is -2.38. The first-order chi connectivity index (χ1) is 9.40. The number of amides is 1. The second kappa shape index (κ2) is 5.20. The van der Waals surface area contributed by atoms with Gasteiger partial charge in [-0.1, -0.05) is 0 Å². The van der Waals surface area contributed by atoms with Gasteiger partial charge in [-0.2, -0.15) is 0 Å². The Morgan fingerprint density at radius 2 is 2.00 bits per heavy atom. The number of carboxylic acids is 1. The summed E-state index contributed by atoms with van der Waals surface area (Å²) in [6.07, 6.45) is 1.20. The van der Waals surface area contributed by atoms with Gasteiger partial charge in [-0.3, -0.25) is 14.6 Å². The van der Waals surface area contributed by atoms with Crippen LogP contribution in [0.15, 0.2) is 24.4 Å². The maximum Gasteiger partial charge on any atom is 0.325 e. The lowest BCUT2D eigenvalue weighted by atomic mass is 10.1. The van der Waals surface area contributed by atoms with Crippen LogP contribution in [0.1, 0.15) is 17.4 Å². The maximum atomic E-state index is 13.6. The molecule has 2 N–H and O–H groups in total. The monoisotopic (exact) mass is 280 g/mol. The number of pyridine rings is 1. The summed E-state index contributed by atoms with van der Waals surface area (Å²) < 4.78 is 26.8. The molecule has 0 aliphatic carbocycles. The van der Waals surface area contributed by atoms with E-state index < -0.39 is 29.6 Å². The molecular formula is C13H10F2N2O3. The second-order valence-corrected chi connectivity index (χ2v) is 4.18. The van der Waals surface area contributed by atoms with Crippen LogP contribution in [0.3, 0.4) is 0 Å². The van der Waals surface area contributed by atoms with Crippen molar-refractivity contribution in [3.05, 3.63) is 41.7 Å². The number of aromatic nitrogens is 1. The first-order valence-corrected chi connectivity index (χ1v) is 5.67. The van der Waals surface area contributed by atoms with E-state index >= 15 is 0 Å². The molecule has 104 valence electrons. The number of benzene rings is 1. The van der Waals surface area contributed by atoms with Gasteiger partial charge in [0.15, 0.2) is 0 Å². The molecule has 20 heavy (non-hydrogen) atoms. The van der Waals surface area contributed by atoms with Crippen molar-refractivity contribution in [2.45, 2.75) is 13.0 Å². The molecule has 1 heterocycles. The number of halogens is 2. The molecule has 0 bridgehead atoms. The topological polar surface area (TPSA) is 79.3 Å². The minimum atomic E-state index is -1.23. The number of carbonyl (C=O) groups excluding carboxylic acids is 1. The molecule has 0 spiro atoms. The smallest absolute Gasteiger partial charge is 0.325 e. The third-order valence-electron chi connectivity index (χ3n) is 2.73. The van der Waals surface area contributed by atoms with Crippen molar-refractivity contribution in [3.8, 4) is 0 Å². The summed E-state index contributed by atoms with van der Waals surface area (Å²) in [6.45, 7) is 1.27. The first-order valence-electron chi connectivity index (χ1n) is 5.67. The molecule has 2 aromatic rings. The number of hydrogen-bond acceptors (Lipinski definition) is 3. The normalized spacial score (nSPS) is 12.2. The molecule has 7 heteroatoms. The number of carbonyl (C=O) groups is 2. The number of rotatable bonds is 3. The highest BCUT2D eigenvalue weighted by atomic mass is 19.1. The summed E-state index contributed by atoms with van der Waals surface area (Å²) >= 11 is 0. The Labute approximate surface area is 112 Å². The van der Waals surface area contributed by atoms with E-state index in [4.69, 9.17) is 5.11 Å². The Hall–Kier alpha value is -2.57. The van der Waals surface area contributed by atoms with E-state index in [1.54, 1.807) is 0 Å². The predicted molar refractivity (Wildman–Crippen MR) is 66.2 cm³/mol. The van der Waals surface area contributed by atoms with Crippen LogP contribution < -0.4 is 5.32 Å². The second-order valence-electron chi connectivity index (χ2n) is 4.18. The van der Waals surface area contributed by atoms with Gasteiger partial charge < -0.3 is 10.4 Å². The zero-order valence-electron chi connectivity index (χ0n) is 10.4. The lowest BCUT2D eigenvalue weighted by Gasteiger charge is -2.10. The van der Waals surface area contributed by atoms with E-state index in [1.165, 1.54) is 19.2 Å². The molecule has 0 saturated heterocycles. The van der Waals surface area contributed by atoms with Gasteiger partial charge in [0, 0.05) is 23.0 Å². The molecular weight excluding hydrogens is 270 g/mol. The Kier molecular flexibility index (Phi) is 3.60. The highest BCUT2D eigenvalue weighted by Gasteiger charge is 2.19. The fraction of sp³-hybridized carbons (Fsp3) is 0.154. The van der Waals surface area contributed by atoms with E-state index in [0.717, 1.165) is 6.07 Å². The predicted octanol–water partition coefficient (Wildman–Crippen LogP) is 1.72. The van der Waals surface area contributed by atoms with Gasteiger partial charge in [0.1, 0.15) is 23.4 Å². The Morgan fingerprint density at radius 1 is 1.30 bits per heavy atom. The van der Waals surface area contributed by atoms with E-state index in [-0.39, 0.29) is 16.5 Å². The van der Waals surface area contributed by atoms with Gasteiger partial charge in [0.2, 0.25) is 0 Å². The van der Waals surface area contributed by atoms with Gasteiger partial charge in [-0.15, -0.1) is 0 Å². The summed E-state index contributed by atoms with van der Waals surface area (Å²) in [5, 5.41) is 10.9. The first kappa shape index (κ1) is 13.9. The van der Waals surface area contributed by atoms with E-state index in [9.17, 15) is 18.4 Å². The molecule has 0 saturated carbocycles. The average molecular weight is 280 g/mol. The fourth-order valence-corrected chi connectivity index (χ4v) is 1.71. The Bertz CT molecular complexity index is 703. The number of fused-ring (bicyclic) bond motifs is 1. The van der Waals surface area contributed by atoms with Crippen LogP contribution in [0.5, 0.6) is 0 Å². The Balaban J connectivity index is 2.49. The van der Waals surface area contributed by atoms with E-state index in [0.29, 0.717) is 6.07 Å². The lowest BCUT2D eigenvalue weighted by molar-refractivity contribution is -0.138. The molecule has 1 aromatic carbocycles. The zero-order valence-corrected chi connectivity index (χ0v) is 10.4. The number of aliphatic carboxylic acids is 1. The molecule has 1 unspecified atom stereocenters. The highest BCUT2D eigenvalue weighted by Crippen LogP contribution is 2.21. The van der Waals surface area contributed by atoms with Gasteiger partial charge in [-0.25, -0.2) is 8.78 Å². The van der Waals surface area contributed by atoms with Gasteiger partial charge >= 0.3 is 5.97 Å².